The first-order chi connectivity index (χ1) is 12.1. The molecule has 0 spiro atoms. The average molecular weight is 333 g/mol. The number of benzene rings is 3. The van der Waals surface area contributed by atoms with Crippen LogP contribution >= 0.6 is 0 Å². The summed E-state index contributed by atoms with van der Waals surface area (Å²) in [5.41, 5.74) is 3.20. The number of carbonyl (C=O) groups excluding carboxylic acids is 1. The van der Waals surface area contributed by atoms with Gasteiger partial charge in [-0.05, 0) is 35.7 Å². The molecule has 0 aromatic heterocycles. The number of hydrogen-bond donors (Lipinski definition) is 1. The molecule has 3 aromatic carbocycles. The molecule has 25 heavy (non-hydrogen) atoms. The van der Waals surface area contributed by atoms with Crippen LogP contribution < -0.4 is 5.32 Å². The van der Waals surface area contributed by atoms with E-state index in [4.69, 9.17) is 0 Å². The summed E-state index contributed by atoms with van der Waals surface area (Å²) in [6.45, 7) is 1.70. The number of halogens is 1. The molecule has 0 fully saturated rings. The van der Waals surface area contributed by atoms with Crippen LogP contribution in [0.3, 0.4) is 0 Å². The largest absolute Gasteiger partial charge is 0.326 e. The minimum absolute atomic E-state index is 0.0438. The lowest BCUT2D eigenvalue weighted by Gasteiger charge is -2.18. The molecule has 0 radical (unpaired) electrons. The first-order valence-electron chi connectivity index (χ1n) is 8.29. The molecule has 0 unspecified atom stereocenters. The van der Waals surface area contributed by atoms with Crippen LogP contribution in [0.5, 0.6) is 0 Å². The molecule has 0 aliphatic carbocycles. The average Bonchev–Trinajstić information content (AvgIpc) is 2.64. The summed E-state index contributed by atoms with van der Waals surface area (Å²) in [4.78, 5) is 12.5. The van der Waals surface area contributed by atoms with E-state index in [9.17, 15) is 9.18 Å². The second kappa shape index (κ2) is 7.75. The third-order valence-corrected chi connectivity index (χ3v) is 4.25. The molecule has 0 saturated heterocycles. The second-order valence-electron chi connectivity index (χ2n) is 6.09. The highest BCUT2D eigenvalue weighted by Crippen LogP contribution is 2.28. The van der Waals surface area contributed by atoms with E-state index in [0.717, 1.165) is 11.1 Å². The second-order valence-corrected chi connectivity index (χ2v) is 6.09. The zero-order chi connectivity index (χ0) is 17.6. The van der Waals surface area contributed by atoms with Crippen molar-refractivity contribution in [1.29, 1.82) is 0 Å². The Hall–Kier alpha value is -2.94. The Bertz CT molecular complexity index is 807. The van der Waals surface area contributed by atoms with E-state index < -0.39 is 0 Å². The van der Waals surface area contributed by atoms with Crippen LogP contribution in [0.15, 0.2) is 78.9 Å². The lowest BCUT2D eigenvalue weighted by Crippen LogP contribution is -2.16. The Morgan fingerprint density at radius 2 is 1.48 bits per heavy atom. The molecule has 3 heteroatoms. The van der Waals surface area contributed by atoms with Gasteiger partial charge in [0.05, 0.1) is 0 Å². The number of amides is 1. The smallest absolute Gasteiger partial charge is 0.225 e. The quantitative estimate of drug-likeness (QED) is 0.675. The lowest BCUT2D eigenvalue weighted by molar-refractivity contribution is -0.116. The summed E-state index contributed by atoms with van der Waals surface area (Å²) in [6.07, 6.45) is 0.295. The summed E-state index contributed by atoms with van der Waals surface area (Å²) >= 11 is 0. The Labute approximate surface area is 147 Å². The van der Waals surface area contributed by atoms with Crippen molar-refractivity contribution < 1.29 is 9.18 Å². The molecule has 1 amide bonds. The van der Waals surface area contributed by atoms with Crippen LogP contribution in [0.25, 0.3) is 0 Å². The van der Waals surface area contributed by atoms with Gasteiger partial charge in [-0.1, -0.05) is 66.7 Å². The molecule has 0 bridgehead atoms. The fraction of sp³-hybridized carbons (Fsp3) is 0.136. The Morgan fingerprint density at radius 3 is 2.00 bits per heavy atom. The fourth-order valence-electron chi connectivity index (χ4n) is 2.87. The molecule has 0 saturated carbocycles. The van der Waals surface area contributed by atoms with Gasteiger partial charge < -0.3 is 5.32 Å². The van der Waals surface area contributed by atoms with E-state index in [1.54, 1.807) is 19.1 Å². The van der Waals surface area contributed by atoms with Crippen molar-refractivity contribution in [3.8, 4) is 0 Å². The van der Waals surface area contributed by atoms with E-state index in [1.807, 2.05) is 60.7 Å². The maximum Gasteiger partial charge on any atom is 0.225 e. The minimum atomic E-state index is -0.319. The van der Waals surface area contributed by atoms with Crippen LogP contribution in [0.2, 0.25) is 0 Å². The van der Waals surface area contributed by atoms with Crippen molar-refractivity contribution in [2.45, 2.75) is 19.3 Å². The normalized spacial score (nSPS) is 10.7. The summed E-state index contributed by atoms with van der Waals surface area (Å²) in [6, 6.07) is 24.6. The van der Waals surface area contributed by atoms with Gasteiger partial charge in [-0.25, -0.2) is 4.39 Å². The highest BCUT2D eigenvalue weighted by molar-refractivity contribution is 5.91. The molecule has 0 atom stereocenters. The summed E-state index contributed by atoms with van der Waals surface area (Å²) in [7, 11) is 0. The van der Waals surface area contributed by atoms with Gasteiger partial charge in [0, 0.05) is 18.0 Å². The van der Waals surface area contributed by atoms with Gasteiger partial charge in [-0.3, -0.25) is 4.79 Å². The molecule has 3 aromatic rings. The van der Waals surface area contributed by atoms with Crippen molar-refractivity contribution in [1.82, 2.24) is 0 Å². The van der Waals surface area contributed by atoms with Gasteiger partial charge in [-0.2, -0.15) is 0 Å². The van der Waals surface area contributed by atoms with Crippen LogP contribution in [-0.4, -0.2) is 5.91 Å². The van der Waals surface area contributed by atoms with Gasteiger partial charge in [-0.15, -0.1) is 0 Å². The molecule has 0 heterocycles. The van der Waals surface area contributed by atoms with Crippen molar-refractivity contribution in [2.24, 2.45) is 0 Å². The Morgan fingerprint density at radius 1 is 0.920 bits per heavy atom. The van der Waals surface area contributed by atoms with E-state index in [-0.39, 0.29) is 17.6 Å². The van der Waals surface area contributed by atoms with E-state index in [1.165, 1.54) is 6.07 Å². The number of anilines is 1. The maximum atomic E-state index is 13.7. The van der Waals surface area contributed by atoms with E-state index >= 15 is 0 Å². The molecule has 0 aliphatic heterocycles. The minimum Gasteiger partial charge on any atom is -0.326 e. The Balaban J connectivity index is 1.80. The maximum absolute atomic E-state index is 13.7. The number of nitrogens with one attached hydrogen (secondary N) is 1. The first-order valence-corrected chi connectivity index (χ1v) is 8.29. The summed E-state index contributed by atoms with van der Waals surface area (Å²) < 4.78 is 13.7. The van der Waals surface area contributed by atoms with Crippen LogP contribution in [0.4, 0.5) is 10.1 Å². The molecular formula is C22H20FNO. The van der Waals surface area contributed by atoms with Crippen LogP contribution in [0, 0.1) is 12.7 Å². The van der Waals surface area contributed by atoms with E-state index in [2.05, 4.69) is 5.32 Å². The highest BCUT2D eigenvalue weighted by Gasteiger charge is 2.18. The predicted molar refractivity (Wildman–Crippen MR) is 99.1 cm³/mol. The van der Waals surface area contributed by atoms with E-state index in [0.29, 0.717) is 17.7 Å². The molecule has 126 valence electrons. The third kappa shape index (κ3) is 4.32. The van der Waals surface area contributed by atoms with Crippen molar-refractivity contribution in [3.63, 3.8) is 0 Å². The van der Waals surface area contributed by atoms with Crippen LogP contribution in [-0.2, 0) is 4.79 Å². The molecule has 3 rings (SSSR count). The molecule has 0 aliphatic rings. The van der Waals surface area contributed by atoms with Crippen molar-refractivity contribution in [3.05, 3.63) is 101 Å². The van der Waals surface area contributed by atoms with Crippen molar-refractivity contribution >= 4 is 11.6 Å². The van der Waals surface area contributed by atoms with Gasteiger partial charge in [0.1, 0.15) is 5.82 Å². The number of carbonyl (C=O) groups is 1. The Kier molecular flexibility index (Phi) is 5.24. The van der Waals surface area contributed by atoms with Gasteiger partial charge in [0.2, 0.25) is 5.91 Å². The van der Waals surface area contributed by atoms with Gasteiger partial charge in [0.25, 0.3) is 0 Å². The number of aryl methyl sites for hydroxylation is 1. The number of hydrogen-bond acceptors (Lipinski definition) is 1. The topological polar surface area (TPSA) is 29.1 Å². The summed E-state index contributed by atoms with van der Waals surface area (Å²) in [5, 5.41) is 2.80. The van der Waals surface area contributed by atoms with Gasteiger partial charge in [0.15, 0.2) is 0 Å². The number of rotatable bonds is 5. The first kappa shape index (κ1) is 16.9. The lowest BCUT2D eigenvalue weighted by atomic mass is 9.88. The molecule has 1 N–H and O–H groups in total. The SMILES string of the molecule is Cc1ccc(NC(=O)CC(c2ccccc2)c2ccccc2)cc1F. The zero-order valence-corrected chi connectivity index (χ0v) is 14.1. The van der Waals surface area contributed by atoms with Gasteiger partial charge >= 0.3 is 0 Å². The zero-order valence-electron chi connectivity index (χ0n) is 14.1. The van der Waals surface area contributed by atoms with Crippen LogP contribution in [0.1, 0.15) is 29.0 Å². The third-order valence-electron chi connectivity index (χ3n) is 4.25. The highest BCUT2D eigenvalue weighted by atomic mass is 19.1. The monoisotopic (exact) mass is 333 g/mol. The van der Waals surface area contributed by atoms with Crippen molar-refractivity contribution in [2.75, 3.05) is 5.32 Å². The predicted octanol–water partition coefficient (Wildman–Crippen LogP) is 5.29. The summed E-state index contributed by atoms with van der Waals surface area (Å²) in [5.74, 6) is -0.501. The molecular weight excluding hydrogens is 313 g/mol. The molecule has 2 nitrogen and oxygen atoms in total. The standard InChI is InChI=1S/C22H20FNO/c1-16-12-13-19(14-21(16)23)24-22(25)15-20(17-8-4-2-5-9-17)18-10-6-3-7-11-18/h2-14,20H,15H2,1H3,(H,24,25). The fourth-order valence-corrected chi connectivity index (χ4v) is 2.87.